The topological polar surface area (TPSA) is 132 Å². The molecule has 1 aliphatic rings. The molecule has 0 aliphatic carbocycles. The molecule has 10 heteroatoms. The lowest BCUT2D eigenvalue weighted by atomic mass is 10.0. The van der Waals surface area contributed by atoms with Crippen LogP contribution in [-0.2, 0) is 6.42 Å². The maximum Gasteiger partial charge on any atom is 0.404 e. The van der Waals surface area contributed by atoms with Crippen LogP contribution in [0.2, 0.25) is 0 Å². The Morgan fingerprint density at radius 3 is 2.11 bits per heavy atom. The van der Waals surface area contributed by atoms with Crippen LogP contribution in [0.5, 0.6) is 0 Å². The summed E-state index contributed by atoms with van der Waals surface area (Å²) in [6, 6.07) is 5.97. The van der Waals surface area contributed by atoms with Crippen LogP contribution in [0.15, 0.2) is 24.3 Å². The second-order valence-corrected chi connectivity index (χ2v) is 6.82. The fourth-order valence-corrected chi connectivity index (χ4v) is 3.18. The van der Waals surface area contributed by atoms with E-state index in [9.17, 15) is 20.0 Å². The van der Waals surface area contributed by atoms with E-state index < -0.39 is 11.0 Å². The minimum absolute atomic E-state index is 0.0289. The van der Waals surface area contributed by atoms with Crippen molar-refractivity contribution in [1.29, 1.82) is 0 Å². The molecule has 0 bridgehead atoms. The molecule has 1 aliphatic heterocycles. The first kappa shape index (κ1) is 22.0. The number of rotatable bonds is 6. The van der Waals surface area contributed by atoms with Crippen LogP contribution in [0.25, 0.3) is 0 Å². The Bertz CT molecular complexity index is 601. The number of nitrogens with zero attached hydrogens (tertiary/aromatic N) is 2. The van der Waals surface area contributed by atoms with Gasteiger partial charge in [-0.15, -0.1) is 0 Å². The molecule has 1 heterocycles. The number of amides is 1. The van der Waals surface area contributed by atoms with Crippen molar-refractivity contribution in [2.75, 3.05) is 58.9 Å². The summed E-state index contributed by atoms with van der Waals surface area (Å²) in [5, 5.41) is 32.7. The third-order valence-electron chi connectivity index (χ3n) is 4.60. The molecular weight excluding hydrogens is 364 g/mol. The number of nitro benzene ring substituents is 1. The quantitative estimate of drug-likeness (QED) is 0.333. The van der Waals surface area contributed by atoms with E-state index in [1.165, 1.54) is 12.1 Å². The van der Waals surface area contributed by atoms with Gasteiger partial charge in [0.15, 0.2) is 0 Å². The Morgan fingerprint density at radius 1 is 1.07 bits per heavy atom. The maximum atomic E-state index is 11.2. The minimum atomic E-state index is -1.07. The summed E-state index contributed by atoms with van der Waals surface area (Å²) < 4.78 is 0. The van der Waals surface area contributed by atoms with Crippen LogP contribution in [0.4, 0.5) is 10.5 Å². The van der Waals surface area contributed by atoms with E-state index >= 15 is 0 Å². The van der Waals surface area contributed by atoms with Gasteiger partial charge in [-0.2, -0.15) is 0 Å². The van der Waals surface area contributed by atoms with Crippen LogP contribution in [0.1, 0.15) is 5.56 Å². The highest BCUT2D eigenvalue weighted by atomic mass is 16.6. The van der Waals surface area contributed by atoms with E-state index in [2.05, 4.69) is 26.2 Å². The lowest BCUT2D eigenvalue weighted by molar-refractivity contribution is -0.384. The van der Waals surface area contributed by atoms with Crippen molar-refractivity contribution in [2.45, 2.75) is 12.5 Å². The average molecular weight is 394 g/mol. The summed E-state index contributed by atoms with van der Waals surface area (Å²) in [6.45, 7) is 7.51. The van der Waals surface area contributed by atoms with Crippen LogP contribution < -0.4 is 21.3 Å². The molecule has 156 valence electrons. The molecule has 1 saturated heterocycles. The maximum absolute atomic E-state index is 11.2. The first-order valence-electron chi connectivity index (χ1n) is 9.62. The number of carboxylic acid groups (broad SMARTS) is 1. The number of benzene rings is 1. The summed E-state index contributed by atoms with van der Waals surface area (Å²) in [4.78, 5) is 23.8. The average Bonchev–Trinajstić information content (AvgIpc) is 2.64. The van der Waals surface area contributed by atoms with Gasteiger partial charge in [0.25, 0.3) is 5.69 Å². The summed E-state index contributed by atoms with van der Waals surface area (Å²) in [7, 11) is 0. The SMILES string of the molecule is O=C(O)NC(Cc1ccc([N+](=O)[O-])cc1)CN1CCNCCNCCNCC1. The summed E-state index contributed by atoms with van der Waals surface area (Å²) in [5.41, 5.74) is 0.891. The van der Waals surface area contributed by atoms with E-state index in [0.717, 1.165) is 57.9 Å². The van der Waals surface area contributed by atoms with Gasteiger partial charge >= 0.3 is 6.09 Å². The van der Waals surface area contributed by atoms with Crippen molar-refractivity contribution in [3.8, 4) is 0 Å². The van der Waals surface area contributed by atoms with Gasteiger partial charge < -0.3 is 26.4 Å². The smallest absolute Gasteiger partial charge is 0.404 e. The second-order valence-electron chi connectivity index (χ2n) is 6.82. The zero-order chi connectivity index (χ0) is 20.2. The molecule has 1 aromatic rings. The van der Waals surface area contributed by atoms with Gasteiger partial charge in [0, 0.05) is 77.1 Å². The number of nitro groups is 1. The number of carbonyl (C=O) groups is 1. The van der Waals surface area contributed by atoms with Crippen LogP contribution in [0.3, 0.4) is 0 Å². The first-order chi connectivity index (χ1) is 13.5. The van der Waals surface area contributed by atoms with E-state index in [4.69, 9.17) is 0 Å². The molecule has 1 aromatic carbocycles. The molecule has 28 heavy (non-hydrogen) atoms. The fourth-order valence-electron chi connectivity index (χ4n) is 3.18. The highest BCUT2D eigenvalue weighted by molar-refractivity contribution is 5.65. The van der Waals surface area contributed by atoms with E-state index in [1.807, 2.05) is 0 Å². The van der Waals surface area contributed by atoms with E-state index in [1.54, 1.807) is 12.1 Å². The van der Waals surface area contributed by atoms with Crippen molar-refractivity contribution in [1.82, 2.24) is 26.2 Å². The van der Waals surface area contributed by atoms with E-state index in [-0.39, 0.29) is 11.7 Å². The van der Waals surface area contributed by atoms with Gasteiger partial charge in [-0.25, -0.2) is 4.79 Å². The monoisotopic (exact) mass is 394 g/mol. The third-order valence-corrected chi connectivity index (χ3v) is 4.60. The van der Waals surface area contributed by atoms with Crippen molar-refractivity contribution >= 4 is 11.8 Å². The van der Waals surface area contributed by atoms with Crippen LogP contribution in [0, 0.1) is 10.1 Å². The van der Waals surface area contributed by atoms with Gasteiger partial charge in [-0.3, -0.25) is 15.0 Å². The van der Waals surface area contributed by atoms with Gasteiger partial charge in [0.2, 0.25) is 0 Å². The Hall–Kier alpha value is -2.27. The third kappa shape index (κ3) is 8.61. The molecule has 0 spiro atoms. The number of hydrogen-bond donors (Lipinski definition) is 5. The van der Waals surface area contributed by atoms with Crippen LogP contribution in [-0.4, -0.2) is 86.0 Å². The molecule has 0 radical (unpaired) electrons. The number of hydrogen-bond acceptors (Lipinski definition) is 7. The van der Waals surface area contributed by atoms with Gasteiger partial charge in [-0.05, 0) is 12.0 Å². The lowest BCUT2D eigenvalue weighted by Crippen LogP contribution is -2.48. The molecule has 10 nitrogen and oxygen atoms in total. The van der Waals surface area contributed by atoms with E-state index in [0.29, 0.717) is 13.0 Å². The first-order valence-corrected chi connectivity index (χ1v) is 9.62. The molecule has 1 atom stereocenters. The Morgan fingerprint density at radius 2 is 1.61 bits per heavy atom. The van der Waals surface area contributed by atoms with Crippen molar-refractivity contribution in [2.24, 2.45) is 0 Å². The van der Waals surface area contributed by atoms with Crippen molar-refractivity contribution in [3.63, 3.8) is 0 Å². The molecule has 1 unspecified atom stereocenters. The molecule has 1 fully saturated rings. The Balaban J connectivity index is 1.96. The molecule has 0 aromatic heterocycles. The molecular formula is C18H30N6O4. The van der Waals surface area contributed by atoms with Crippen molar-refractivity contribution < 1.29 is 14.8 Å². The molecule has 1 amide bonds. The number of nitrogens with one attached hydrogen (secondary N) is 4. The summed E-state index contributed by atoms with van der Waals surface area (Å²) in [6.07, 6.45) is -0.588. The highest BCUT2D eigenvalue weighted by Gasteiger charge is 2.17. The largest absolute Gasteiger partial charge is 0.465 e. The Labute approximate surface area is 164 Å². The molecule has 0 saturated carbocycles. The minimum Gasteiger partial charge on any atom is -0.465 e. The predicted octanol–water partition coefficient (Wildman–Crippen LogP) is -0.142. The summed E-state index contributed by atoms with van der Waals surface area (Å²) >= 11 is 0. The molecule has 2 rings (SSSR count). The van der Waals surface area contributed by atoms with Gasteiger partial charge in [0.05, 0.1) is 4.92 Å². The highest BCUT2D eigenvalue weighted by Crippen LogP contribution is 2.13. The fraction of sp³-hybridized carbons (Fsp3) is 0.611. The lowest BCUT2D eigenvalue weighted by Gasteiger charge is -2.28. The molecule has 5 N–H and O–H groups in total. The Kier molecular flexibility index (Phi) is 9.63. The standard InChI is InChI=1S/C18H30N6O4/c25-18(26)22-16(13-15-1-3-17(4-2-15)24(27)28)14-23-11-9-20-7-5-19-6-8-21-10-12-23/h1-4,16,19-22H,5-14H2,(H,25,26). The van der Waals surface area contributed by atoms with Crippen LogP contribution >= 0.6 is 0 Å². The summed E-state index contributed by atoms with van der Waals surface area (Å²) in [5.74, 6) is 0. The zero-order valence-corrected chi connectivity index (χ0v) is 16.0. The number of non-ortho nitro benzene ring substituents is 1. The second kappa shape index (κ2) is 12.2. The predicted molar refractivity (Wildman–Crippen MR) is 107 cm³/mol. The zero-order valence-electron chi connectivity index (χ0n) is 16.0. The normalized spacial score (nSPS) is 18.4. The van der Waals surface area contributed by atoms with Crippen molar-refractivity contribution in [3.05, 3.63) is 39.9 Å². The van der Waals surface area contributed by atoms with Gasteiger partial charge in [0.1, 0.15) is 0 Å². The van der Waals surface area contributed by atoms with Gasteiger partial charge in [-0.1, -0.05) is 12.1 Å².